The van der Waals surface area contributed by atoms with E-state index in [0.29, 0.717) is 0 Å². The van der Waals surface area contributed by atoms with Crippen molar-refractivity contribution in [3.63, 3.8) is 0 Å². The lowest BCUT2D eigenvalue weighted by atomic mass is 9.82. The van der Waals surface area contributed by atoms with Gasteiger partial charge in [-0.05, 0) is 64.2 Å². The standard InChI is InChI=1S/C37H46N6O12/c1-22(2)42(36(50)55-26-16-14-25(15-17-26)43(51)52)37(30(44)20-29(53-4)32(37)46)31(45)28-13-9-19-41(28)34(48)27(40-33(47)23(3)38)12-8-18-39-35(49)54-21-24-10-6-5-7-11-24/h5-7,10-11,14-17,22-23,27-29H,8-9,12-13,18-21,38H2,1-4H3,(H,39,49)(H,40,47)/t23-,27-,28-,29?,37?/m0/s1. The average Bonchev–Trinajstić information content (AvgIpc) is 3.74. The molecule has 0 radical (unpaired) electrons. The second-order valence-corrected chi connectivity index (χ2v) is 13.5. The molecule has 1 aliphatic heterocycles. The molecule has 296 valence electrons. The highest BCUT2D eigenvalue weighted by atomic mass is 16.6. The van der Waals surface area contributed by atoms with Crippen molar-refractivity contribution in [1.82, 2.24) is 20.4 Å². The number of carbonyl (C=O) groups excluding carboxylic acids is 7. The van der Waals surface area contributed by atoms with Gasteiger partial charge in [0.05, 0.1) is 17.0 Å². The Hall–Kier alpha value is -5.75. The highest BCUT2D eigenvalue weighted by molar-refractivity contribution is 6.36. The molecular formula is C37H46N6O12. The smallest absolute Gasteiger partial charge is 0.417 e. The van der Waals surface area contributed by atoms with Crippen LogP contribution in [-0.2, 0) is 40.1 Å². The van der Waals surface area contributed by atoms with E-state index in [0.717, 1.165) is 34.7 Å². The normalized spacial score (nSPS) is 20.4. The Morgan fingerprint density at radius 3 is 2.31 bits per heavy atom. The van der Waals surface area contributed by atoms with Crippen LogP contribution in [0.2, 0.25) is 0 Å². The topological polar surface area (TPSA) is 247 Å². The van der Waals surface area contributed by atoms with Crippen LogP contribution in [0.15, 0.2) is 54.6 Å². The minimum Gasteiger partial charge on any atom is -0.445 e. The summed E-state index contributed by atoms with van der Waals surface area (Å²) < 4.78 is 16.0. The third-order valence-electron chi connectivity index (χ3n) is 9.41. The van der Waals surface area contributed by atoms with Crippen LogP contribution in [0.4, 0.5) is 15.3 Å². The fourth-order valence-electron chi connectivity index (χ4n) is 6.70. The Labute approximate surface area is 317 Å². The maximum atomic E-state index is 14.9. The molecular weight excluding hydrogens is 720 g/mol. The van der Waals surface area contributed by atoms with Gasteiger partial charge in [-0.1, -0.05) is 30.3 Å². The fourth-order valence-corrected chi connectivity index (χ4v) is 6.70. The summed E-state index contributed by atoms with van der Waals surface area (Å²) >= 11 is 0. The number of hydrogen-bond acceptors (Lipinski definition) is 13. The molecule has 5 atom stereocenters. The Morgan fingerprint density at radius 1 is 1.05 bits per heavy atom. The van der Waals surface area contributed by atoms with Crippen molar-refractivity contribution in [1.29, 1.82) is 0 Å². The average molecular weight is 767 g/mol. The summed E-state index contributed by atoms with van der Waals surface area (Å²) in [6, 6.07) is 8.92. The zero-order valence-corrected chi connectivity index (χ0v) is 31.1. The van der Waals surface area contributed by atoms with Crippen molar-refractivity contribution in [3.8, 4) is 5.75 Å². The van der Waals surface area contributed by atoms with Gasteiger partial charge in [0, 0.05) is 44.8 Å². The number of hydrogen-bond donors (Lipinski definition) is 3. The molecule has 4 amide bonds. The summed E-state index contributed by atoms with van der Waals surface area (Å²) in [6.45, 7) is 4.49. The Morgan fingerprint density at radius 2 is 1.73 bits per heavy atom. The van der Waals surface area contributed by atoms with E-state index in [-0.39, 0.29) is 56.8 Å². The lowest BCUT2D eigenvalue weighted by molar-refractivity contribution is -0.384. The van der Waals surface area contributed by atoms with E-state index in [1.54, 1.807) is 24.3 Å². The van der Waals surface area contributed by atoms with Crippen LogP contribution in [-0.4, -0.2) is 112 Å². The summed E-state index contributed by atoms with van der Waals surface area (Å²) in [5.74, 6) is -4.49. The summed E-state index contributed by atoms with van der Waals surface area (Å²) in [7, 11) is 1.18. The zero-order valence-electron chi connectivity index (χ0n) is 31.1. The molecule has 2 unspecified atom stereocenters. The quantitative estimate of drug-likeness (QED) is 0.0961. The van der Waals surface area contributed by atoms with E-state index >= 15 is 0 Å². The highest BCUT2D eigenvalue weighted by Gasteiger charge is 2.67. The maximum Gasteiger partial charge on any atom is 0.417 e. The van der Waals surface area contributed by atoms with Crippen LogP contribution in [0.5, 0.6) is 5.75 Å². The first-order valence-electron chi connectivity index (χ1n) is 17.8. The van der Waals surface area contributed by atoms with Crippen LogP contribution in [0.1, 0.15) is 58.4 Å². The number of amides is 4. The van der Waals surface area contributed by atoms with Crippen LogP contribution in [0.3, 0.4) is 0 Å². The number of likely N-dealkylation sites (tertiary alicyclic amines) is 1. The Bertz CT molecular complexity index is 1770. The number of rotatable bonds is 16. The van der Waals surface area contributed by atoms with Gasteiger partial charge < -0.3 is 35.5 Å². The second-order valence-electron chi connectivity index (χ2n) is 13.5. The maximum absolute atomic E-state index is 14.9. The van der Waals surface area contributed by atoms with Gasteiger partial charge in [-0.2, -0.15) is 0 Å². The summed E-state index contributed by atoms with van der Waals surface area (Å²) in [5, 5.41) is 16.3. The largest absolute Gasteiger partial charge is 0.445 e. The van der Waals surface area contributed by atoms with E-state index in [9.17, 15) is 43.7 Å². The van der Waals surface area contributed by atoms with E-state index < -0.39 is 88.5 Å². The number of methoxy groups -OCH3 is 1. The van der Waals surface area contributed by atoms with E-state index in [4.69, 9.17) is 19.9 Å². The van der Waals surface area contributed by atoms with E-state index in [2.05, 4.69) is 10.6 Å². The van der Waals surface area contributed by atoms with Crippen molar-refractivity contribution < 1.29 is 52.7 Å². The molecule has 0 aromatic heterocycles. The number of Topliss-reactive ketones (excluding diaryl/α,β-unsaturated/α-hetero) is 3. The molecule has 2 aromatic rings. The van der Waals surface area contributed by atoms with Gasteiger partial charge in [-0.25, -0.2) is 9.59 Å². The monoisotopic (exact) mass is 766 g/mol. The van der Waals surface area contributed by atoms with Gasteiger partial charge in [0.1, 0.15) is 24.5 Å². The van der Waals surface area contributed by atoms with Crippen molar-refractivity contribution in [2.75, 3.05) is 20.2 Å². The first-order valence-corrected chi connectivity index (χ1v) is 17.8. The lowest BCUT2D eigenvalue weighted by Gasteiger charge is -2.41. The first kappa shape index (κ1) is 42.0. The summed E-state index contributed by atoms with van der Waals surface area (Å²) in [6.07, 6.45) is -3.38. The number of nitrogens with two attached hydrogens (primary N) is 1. The molecule has 2 aliphatic rings. The molecule has 1 saturated carbocycles. The lowest BCUT2D eigenvalue weighted by Crippen LogP contribution is -2.70. The van der Waals surface area contributed by atoms with Crippen molar-refractivity contribution in [2.45, 2.75) is 95.3 Å². The minimum atomic E-state index is -2.76. The number of carbonyl (C=O) groups is 7. The molecule has 4 N–H and O–H groups in total. The molecule has 18 nitrogen and oxygen atoms in total. The Balaban J connectivity index is 1.58. The first-order chi connectivity index (χ1) is 26.1. The van der Waals surface area contributed by atoms with Crippen LogP contribution < -0.4 is 21.1 Å². The molecule has 2 aromatic carbocycles. The van der Waals surface area contributed by atoms with Gasteiger partial charge in [0.15, 0.2) is 11.6 Å². The molecule has 1 saturated heterocycles. The van der Waals surface area contributed by atoms with Gasteiger partial charge in [-0.15, -0.1) is 0 Å². The number of ketones is 3. The molecule has 0 spiro atoms. The highest BCUT2D eigenvalue weighted by Crippen LogP contribution is 2.38. The van der Waals surface area contributed by atoms with Gasteiger partial charge in [-0.3, -0.25) is 39.0 Å². The second kappa shape index (κ2) is 18.5. The zero-order chi connectivity index (χ0) is 40.4. The number of non-ortho nitro benzene ring substituents is 1. The van der Waals surface area contributed by atoms with Gasteiger partial charge >= 0.3 is 12.2 Å². The number of benzene rings is 2. The molecule has 2 fully saturated rings. The minimum absolute atomic E-state index is 0.00209. The van der Waals surface area contributed by atoms with Gasteiger partial charge in [0.25, 0.3) is 5.69 Å². The summed E-state index contributed by atoms with van der Waals surface area (Å²) in [4.78, 5) is 109. The number of nitrogens with one attached hydrogen (secondary N) is 2. The SMILES string of the molecule is COC1CC(=O)C(C(=O)[C@@H]2CCCN2C(=O)[C@H](CCCNC(=O)OCc2ccccc2)NC(=O)[C@H](C)N)(N(C(=O)Oc2ccc([N+](=O)[O-])cc2)C(C)C)C1=O. The molecule has 18 heteroatoms. The number of nitrogens with zero attached hydrogens (tertiary/aromatic N) is 3. The predicted octanol–water partition coefficient (Wildman–Crippen LogP) is 2.20. The molecule has 0 bridgehead atoms. The number of nitro groups is 1. The fraction of sp³-hybridized carbons (Fsp3) is 0.486. The van der Waals surface area contributed by atoms with Crippen LogP contribution in [0, 0.1) is 10.1 Å². The third kappa shape index (κ3) is 9.50. The molecule has 55 heavy (non-hydrogen) atoms. The third-order valence-corrected chi connectivity index (χ3v) is 9.41. The number of ether oxygens (including phenoxy) is 3. The van der Waals surface area contributed by atoms with Crippen molar-refractivity contribution in [3.05, 3.63) is 70.3 Å². The predicted molar refractivity (Wildman–Crippen MR) is 193 cm³/mol. The Kier molecular flexibility index (Phi) is 14.1. The van der Waals surface area contributed by atoms with E-state index in [1.165, 1.54) is 32.8 Å². The molecule has 1 aliphatic carbocycles. The summed E-state index contributed by atoms with van der Waals surface area (Å²) in [5.41, 5.74) is 3.53. The molecule has 4 rings (SSSR count). The van der Waals surface area contributed by atoms with Crippen molar-refractivity contribution in [2.24, 2.45) is 5.73 Å². The van der Waals surface area contributed by atoms with E-state index in [1.807, 2.05) is 6.07 Å². The van der Waals surface area contributed by atoms with Crippen LogP contribution in [0.25, 0.3) is 0 Å². The number of nitro benzene ring substituents is 1. The number of alkyl carbamates (subject to hydrolysis) is 1. The van der Waals surface area contributed by atoms with Gasteiger partial charge in [0.2, 0.25) is 23.1 Å². The molecule has 1 heterocycles. The van der Waals surface area contributed by atoms with Crippen molar-refractivity contribution >= 4 is 47.0 Å². The van der Waals surface area contributed by atoms with Crippen LogP contribution >= 0.6 is 0 Å².